The second-order valence-corrected chi connectivity index (χ2v) is 5.07. The highest BCUT2D eigenvalue weighted by molar-refractivity contribution is 7.10. The lowest BCUT2D eigenvalue weighted by atomic mass is 10.2. The first-order valence-corrected chi connectivity index (χ1v) is 6.46. The Morgan fingerprint density at radius 3 is 2.84 bits per heavy atom. The third-order valence-corrected chi connectivity index (χ3v) is 3.49. The van der Waals surface area contributed by atoms with Crippen LogP contribution in [-0.2, 0) is 18.3 Å². The Morgan fingerprint density at radius 1 is 1.53 bits per heavy atom. The van der Waals surface area contributed by atoms with Gasteiger partial charge in [-0.1, -0.05) is 6.07 Å². The molecule has 2 rings (SSSR count). The van der Waals surface area contributed by atoms with Gasteiger partial charge in [-0.05, 0) is 18.4 Å². The van der Waals surface area contributed by atoms with Crippen molar-refractivity contribution in [2.45, 2.75) is 13.3 Å². The van der Waals surface area contributed by atoms with Crippen molar-refractivity contribution < 1.29 is 14.7 Å². The Labute approximate surface area is 113 Å². The normalized spacial score (nSPS) is 10.4. The molecular formula is C12H13N3O3S. The largest absolute Gasteiger partial charge is 0.477 e. The summed E-state index contributed by atoms with van der Waals surface area (Å²) in [7, 11) is 1.60. The van der Waals surface area contributed by atoms with Gasteiger partial charge in [-0.25, -0.2) is 4.79 Å². The lowest BCUT2D eigenvalue weighted by molar-refractivity contribution is -0.115. The second-order valence-electron chi connectivity index (χ2n) is 4.04. The number of rotatable bonds is 4. The molecule has 2 aromatic heterocycles. The molecule has 100 valence electrons. The van der Waals surface area contributed by atoms with Crippen LogP contribution in [0.3, 0.4) is 0 Å². The van der Waals surface area contributed by atoms with E-state index in [1.54, 1.807) is 14.0 Å². The molecule has 0 radical (unpaired) electrons. The highest BCUT2D eigenvalue weighted by Crippen LogP contribution is 2.19. The molecule has 0 aliphatic carbocycles. The lowest BCUT2D eigenvalue weighted by Gasteiger charge is -2.06. The van der Waals surface area contributed by atoms with Gasteiger partial charge in [-0.3, -0.25) is 9.48 Å². The molecule has 2 aromatic rings. The fourth-order valence-corrected chi connectivity index (χ4v) is 2.51. The molecule has 1 amide bonds. The number of hydrogen-bond donors (Lipinski definition) is 2. The zero-order chi connectivity index (χ0) is 14.0. The van der Waals surface area contributed by atoms with Gasteiger partial charge in [0.05, 0.1) is 12.1 Å². The number of carbonyl (C=O) groups excluding carboxylic acids is 1. The van der Waals surface area contributed by atoms with Crippen LogP contribution in [0.1, 0.15) is 20.9 Å². The molecule has 19 heavy (non-hydrogen) atoms. The molecule has 6 nitrogen and oxygen atoms in total. The molecule has 0 spiro atoms. The minimum Gasteiger partial charge on any atom is -0.477 e. The molecule has 0 unspecified atom stereocenters. The van der Waals surface area contributed by atoms with Gasteiger partial charge < -0.3 is 10.4 Å². The monoisotopic (exact) mass is 279 g/mol. The van der Waals surface area contributed by atoms with Gasteiger partial charge >= 0.3 is 5.97 Å². The number of hydrogen-bond acceptors (Lipinski definition) is 4. The number of thiophene rings is 1. The first kappa shape index (κ1) is 13.3. The first-order chi connectivity index (χ1) is 8.99. The molecule has 0 aliphatic heterocycles. The third-order valence-electron chi connectivity index (χ3n) is 2.61. The molecule has 7 heteroatoms. The molecular weight excluding hydrogens is 266 g/mol. The van der Waals surface area contributed by atoms with Crippen molar-refractivity contribution in [1.82, 2.24) is 9.78 Å². The summed E-state index contributed by atoms with van der Waals surface area (Å²) < 4.78 is 1.37. The van der Waals surface area contributed by atoms with E-state index in [-0.39, 0.29) is 23.7 Å². The minimum atomic E-state index is -1.10. The topological polar surface area (TPSA) is 84.2 Å². The van der Waals surface area contributed by atoms with Gasteiger partial charge in [-0.2, -0.15) is 5.10 Å². The van der Waals surface area contributed by atoms with Gasteiger partial charge in [0.25, 0.3) is 0 Å². The Hall–Kier alpha value is -2.15. The Morgan fingerprint density at radius 2 is 2.26 bits per heavy atom. The quantitative estimate of drug-likeness (QED) is 0.891. The van der Waals surface area contributed by atoms with Crippen molar-refractivity contribution in [3.8, 4) is 0 Å². The zero-order valence-corrected chi connectivity index (χ0v) is 11.3. The van der Waals surface area contributed by atoms with Crippen molar-refractivity contribution in [3.05, 3.63) is 33.6 Å². The van der Waals surface area contributed by atoms with Gasteiger partial charge in [-0.15, -0.1) is 11.3 Å². The first-order valence-electron chi connectivity index (χ1n) is 5.58. The predicted molar refractivity (Wildman–Crippen MR) is 71.6 cm³/mol. The number of nitrogens with zero attached hydrogens (tertiary/aromatic N) is 2. The van der Waals surface area contributed by atoms with E-state index in [0.29, 0.717) is 5.69 Å². The summed E-state index contributed by atoms with van der Waals surface area (Å²) in [6.45, 7) is 1.60. The van der Waals surface area contributed by atoms with Crippen molar-refractivity contribution in [2.75, 3.05) is 5.32 Å². The molecule has 2 N–H and O–H groups in total. The van der Waals surface area contributed by atoms with E-state index in [1.807, 2.05) is 17.5 Å². The van der Waals surface area contributed by atoms with Crippen molar-refractivity contribution >= 4 is 29.0 Å². The minimum absolute atomic E-state index is 0.0297. The molecule has 0 saturated heterocycles. The van der Waals surface area contributed by atoms with Crippen molar-refractivity contribution in [2.24, 2.45) is 7.05 Å². The van der Waals surface area contributed by atoms with Crippen LogP contribution in [0.25, 0.3) is 0 Å². The molecule has 0 aliphatic rings. The summed E-state index contributed by atoms with van der Waals surface area (Å²) in [5.74, 6) is -1.14. The predicted octanol–water partition coefficient (Wildman–Crippen LogP) is 1.67. The van der Waals surface area contributed by atoms with E-state index in [2.05, 4.69) is 10.4 Å². The van der Waals surface area contributed by atoms with Crippen LogP contribution in [0.15, 0.2) is 17.5 Å². The van der Waals surface area contributed by atoms with Crippen molar-refractivity contribution in [1.29, 1.82) is 0 Å². The molecule has 0 fully saturated rings. The average molecular weight is 279 g/mol. The molecule has 0 atom stereocenters. The van der Waals surface area contributed by atoms with Crippen LogP contribution in [-0.4, -0.2) is 26.8 Å². The maximum atomic E-state index is 11.9. The van der Waals surface area contributed by atoms with Gasteiger partial charge in [0, 0.05) is 11.9 Å². The highest BCUT2D eigenvalue weighted by Gasteiger charge is 2.21. The summed E-state index contributed by atoms with van der Waals surface area (Å²) >= 11 is 1.48. The number of aryl methyl sites for hydroxylation is 2. The van der Waals surface area contributed by atoms with Crippen molar-refractivity contribution in [3.63, 3.8) is 0 Å². The smallest absolute Gasteiger partial charge is 0.341 e. The number of carbonyl (C=O) groups is 2. The van der Waals surface area contributed by atoms with Crippen LogP contribution in [0.5, 0.6) is 0 Å². The summed E-state index contributed by atoms with van der Waals surface area (Å²) in [6.07, 6.45) is 0.223. The Bertz CT molecular complexity index is 616. The number of aromatic carboxylic acids is 1. The second kappa shape index (κ2) is 5.23. The maximum Gasteiger partial charge on any atom is 0.341 e. The summed E-state index contributed by atoms with van der Waals surface area (Å²) in [5, 5.41) is 17.6. The van der Waals surface area contributed by atoms with E-state index in [1.165, 1.54) is 16.0 Å². The number of aromatic nitrogens is 2. The van der Waals surface area contributed by atoms with Gasteiger partial charge in [0.15, 0.2) is 0 Å². The Kier molecular flexibility index (Phi) is 3.66. The third kappa shape index (κ3) is 2.82. The van der Waals surface area contributed by atoms with Crippen LogP contribution in [0, 0.1) is 6.92 Å². The summed E-state index contributed by atoms with van der Waals surface area (Å²) in [4.78, 5) is 24.0. The standard InChI is InChI=1S/C12H13N3O3S/c1-7-10(12(17)18)11(15(2)14-7)13-9(16)6-8-4-3-5-19-8/h3-5H,6H2,1-2H3,(H,13,16)(H,17,18). The average Bonchev–Trinajstić information content (AvgIpc) is 2.88. The van der Waals surface area contributed by atoms with E-state index >= 15 is 0 Å². The highest BCUT2D eigenvalue weighted by atomic mass is 32.1. The number of amides is 1. The molecule has 0 aromatic carbocycles. The van der Waals surface area contributed by atoms with Crippen LogP contribution in [0.2, 0.25) is 0 Å². The molecule has 0 saturated carbocycles. The summed E-state index contributed by atoms with van der Waals surface area (Å²) in [6, 6.07) is 3.72. The van der Waals surface area contributed by atoms with Gasteiger partial charge in [0.2, 0.25) is 5.91 Å². The molecule has 0 bridgehead atoms. The maximum absolute atomic E-state index is 11.9. The number of nitrogens with one attached hydrogen (secondary N) is 1. The number of anilines is 1. The lowest BCUT2D eigenvalue weighted by Crippen LogP contribution is -2.18. The van der Waals surface area contributed by atoms with Crippen LogP contribution >= 0.6 is 11.3 Å². The fourth-order valence-electron chi connectivity index (χ4n) is 1.81. The van der Waals surface area contributed by atoms with Crippen LogP contribution < -0.4 is 5.32 Å². The van der Waals surface area contributed by atoms with E-state index in [9.17, 15) is 9.59 Å². The number of carboxylic acid groups (broad SMARTS) is 1. The zero-order valence-electron chi connectivity index (χ0n) is 10.5. The van der Waals surface area contributed by atoms with E-state index in [4.69, 9.17) is 5.11 Å². The SMILES string of the molecule is Cc1nn(C)c(NC(=O)Cc2cccs2)c1C(=O)O. The fraction of sp³-hybridized carbons (Fsp3) is 0.250. The van der Waals surface area contributed by atoms with Gasteiger partial charge in [0.1, 0.15) is 11.4 Å². The van der Waals surface area contributed by atoms with Crippen LogP contribution in [0.4, 0.5) is 5.82 Å². The Balaban J connectivity index is 2.19. The van der Waals surface area contributed by atoms with E-state index < -0.39 is 5.97 Å². The number of carboxylic acids is 1. The summed E-state index contributed by atoms with van der Waals surface area (Å²) in [5.41, 5.74) is 0.406. The van der Waals surface area contributed by atoms with E-state index in [0.717, 1.165) is 4.88 Å². The molecule has 2 heterocycles.